The zero-order valence-electron chi connectivity index (χ0n) is 20.3. The Morgan fingerprint density at radius 3 is 2.50 bits per heavy atom. The van der Waals surface area contributed by atoms with Gasteiger partial charge in [0, 0.05) is 12.8 Å². The molecule has 0 saturated carbocycles. The summed E-state index contributed by atoms with van der Waals surface area (Å²) in [6, 6.07) is 21.1. The molecule has 1 amide bonds. The van der Waals surface area contributed by atoms with Gasteiger partial charge in [-0.25, -0.2) is 4.39 Å². The summed E-state index contributed by atoms with van der Waals surface area (Å²) in [5, 5.41) is 12.4. The Morgan fingerprint density at radius 1 is 1.03 bits per heavy atom. The molecule has 186 valence electrons. The van der Waals surface area contributed by atoms with Gasteiger partial charge in [0.25, 0.3) is 5.91 Å². The number of ether oxygens (including phenoxy) is 2. The summed E-state index contributed by atoms with van der Waals surface area (Å²) in [5.41, 5.74) is 1.97. The molecule has 9 heteroatoms. The quantitative estimate of drug-likeness (QED) is 0.306. The molecule has 1 unspecified atom stereocenters. The van der Waals surface area contributed by atoms with Crippen molar-refractivity contribution in [2.75, 3.05) is 14.2 Å². The normalized spacial score (nSPS) is 11.7. The molecule has 0 aliphatic heterocycles. The van der Waals surface area contributed by atoms with Crippen LogP contribution in [0.1, 0.15) is 33.4 Å². The van der Waals surface area contributed by atoms with Crippen LogP contribution < -0.4 is 14.8 Å². The number of carbonyl (C=O) groups is 1. The molecule has 0 spiro atoms. The topological polar surface area (TPSA) is 78.3 Å². The standard InChI is InChI=1S/C27H27FN4O3S/c1-32-25(30-31-27(32)36-17-19-11-7-8-12-22(19)28)23(15-18-9-5-4-6-10-18)29-26(33)21-16-20(34-2)13-14-24(21)35-3/h4-14,16,23H,15,17H2,1-3H3,(H,29,33). The number of nitrogens with one attached hydrogen (secondary N) is 1. The van der Waals surface area contributed by atoms with Crippen molar-refractivity contribution in [2.24, 2.45) is 7.05 Å². The third-order valence-electron chi connectivity index (χ3n) is 5.73. The molecule has 0 bridgehead atoms. The van der Waals surface area contributed by atoms with Crippen molar-refractivity contribution >= 4 is 17.7 Å². The Balaban J connectivity index is 1.61. The molecular formula is C27H27FN4O3S. The van der Waals surface area contributed by atoms with Gasteiger partial charge < -0.3 is 19.4 Å². The van der Waals surface area contributed by atoms with Crippen molar-refractivity contribution < 1.29 is 18.7 Å². The fourth-order valence-corrected chi connectivity index (χ4v) is 4.70. The highest BCUT2D eigenvalue weighted by Crippen LogP contribution is 2.28. The number of amides is 1. The molecule has 1 atom stereocenters. The maximum absolute atomic E-state index is 14.1. The van der Waals surface area contributed by atoms with E-state index in [1.165, 1.54) is 24.9 Å². The Morgan fingerprint density at radius 2 is 1.78 bits per heavy atom. The Bertz CT molecular complexity index is 1330. The molecule has 0 fully saturated rings. The van der Waals surface area contributed by atoms with E-state index in [1.807, 2.05) is 41.9 Å². The Hall–Kier alpha value is -3.85. The summed E-state index contributed by atoms with van der Waals surface area (Å²) >= 11 is 1.39. The molecule has 4 rings (SSSR count). The lowest BCUT2D eigenvalue weighted by Gasteiger charge is -2.19. The van der Waals surface area contributed by atoms with Crippen LogP contribution in [0.4, 0.5) is 4.39 Å². The van der Waals surface area contributed by atoms with Gasteiger partial charge >= 0.3 is 0 Å². The van der Waals surface area contributed by atoms with Crippen molar-refractivity contribution in [3.05, 3.63) is 101 Å². The van der Waals surface area contributed by atoms with E-state index in [1.54, 1.807) is 43.5 Å². The van der Waals surface area contributed by atoms with Crippen LogP contribution in [0.2, 0.25) is 0 Å². The number of hydrogen-bond donors (Lipinski definition) is 1. The van der Waals surface area contributed by atoms with E-state index in [-0.39, 0.29) is 11.7 Å². The first-order valence-electron chi connectivity index (χ1n) is 11.3. The monoisotopic (exact) mass is 506 g/mol. The second-order valence-corrected chi connectivity index (χ2v) is 9.00. The number of nitrogens with zero attached hydrogens (tertiary/aromatic N) is 3. The van der Waals surface area contributed by atoms with Crippen LogP contribution in [0.15, 0.2) is 78.0 Å². The second kappa shape index (κ2) is 11.7. The number of hydrogen-bond acceptors (Lipinski definition) is 6. The van der Waals surface area contributed by atoms with Crippen LogP contribution in [-0.2, 0) is 19.2 Å². The fraction of sp³-hybridized carbons (Fsp3) is 0.222. The van der Waals surface area contributed by atoms with Crippen LogP contribution in [0.5, 0.6) is 11.5 Å². The smallest absolute Gasteiger partial charge is 0.255 e. The van der Waals surface area contributed by atoms with Crippen molar-refractivity contribution in [1.29, 1.82) is 0 Å². The zero-order chi connectivity index (χ0) is 25.5. The molecule has 36 heavy (non-hydrogen) atoms. The number of thioether (sulfide) groups is 1. The molecule has 0 radical (unpaired) electrons. The predicted molar refractivity (Wildman–Crippen MR) is 137 cm³/mol. The van der Waals surface area contributed by atoms with Crippen LogP contribution in [0, 0.1) is 5.82 Å². The second-order valence-electron chi connectivity index (χ2n) is 8.06. The van der Waals surface area contributed by atoms with E-state index in [4.69, 9.17) is 9.47 Å². The maximum Gasteiger partial charge on any atom is 0.255 e. The van der Waals surface area contributed by atoms with E-state index in [9.17, 15) is 9.18 Å². The van der Waals surface area contributed by atoms with Gasteiger partial charge in [-0.3, -0.25) is 4.79 Å². The third-order valence-corrected chi connectivity index (χ3v) is 6.80. The average molecular weight is 507 g/mol. The number of halogens is 1. The number of benzene rings is 3. The molecule has 7 nitrogen and oxygen atoms in total. The fourth-order valence-electron chi connectivity index (χ4n) is 3.80. The zero-order valence-corrected chi connectivity index (χ0v) is 21.1. The van der Waals surface area contributed by atoms with E-state index >= 15 is 0 Å². The first-order valence-corrected chi connectivity index (χ1v) is 12.3. The lowest BCUT2D eigenvalue weighted by Crippen LogP contribution is -2.32. The van der Waals surface area contributed by atoms with Crippen LogP contribution in [0.25, 0.3) is 0 Å². The van der Waals surface area contributed by atoms with Gasteiger partial charge in [-0.1, -0.05) is 60.3 Å². The van der Waals surface area contributed by atoms with Gasteiger partial charge in [-0.15, -0.1) is 10.2 Å². The lowest BCUT2D eigenvalue weighted by atomic mass is 10.0. The molecule has 0 aliphatic carbocycles. The summed E-state index contributed by atoms with van der Waals surface area (Å²) < 4.78 is 26.6. The SMILES string of the molecule is COc1ccc(OC)c(C(=O)NC(Cc2ccccc2)c2nnc(SCc3ccccc3F)n2C)c1. The highest BCUT2D eigenvalue weighted by Gasteiger charge is 2.25. The maximum atomic E-state index is 14.1. The summed E-state index contributed by atoms with van der Waals surface area (Å²) in [6.07, 6.45) is 0.503. The van der Waals surface area contributed by atoms with Gasteiger partial charge in [0.2, 0.25) is 0 Å². The predicted octanol–water partition coefficient (Wildman–Crippen LogP) is 4.98. The molecule has 1 aromatic heterocycles. The van der Waals surface area contributed by atoms with Crippen molar-refractivity contribution in [3.8, 4) is 11.5 Å². The summed E-state index contributed by atoms with van der Waals surface area (Å²) in [4.78, 5) is 13.4. The third kappa shape index (κ3) is 5.85. The number of carbonyl (C=O) groups excluding carboxylic acids is 1. The van der Waals surface area contributed by atoms with E-state index in [0.717, 1.165) is 5.56 Å². The largest absolute Gasteiger partial charge is 0.497 e. The minimum atomic E-state index is -0.476. The highest BCUT2D eigenvalue weighted by atomic mass is 32.2. The van der Waals surface area contributed by atoms with Crippen LogP contribution in [-0.4, -0.2) is 34.9 Å². The summed E-state index contributed by atoms with van der Waals surface area (Å²) in [7, 11) is 4.90. The number of rotatable bonds is 10. The molecule has 4 aromatic rings. The van der Waals surface area contributed by atoms with Gasteiger partial charge in [0.15, 0.2) is 11.0 Å². The van der Waals surface area contributed by atoms with E-state index in [2.05, 4.69) is 15.5 Å². The minimum Gasteiger partial charge on any atom is -0.497 e. The average Bonchev–Trinajstić information content (AvgIpc) is 3.27. The summed E-state index contributed by atoms with van der Waals surface area (Å²) in [5.74, 6) is 1.40. The van der Waals surface area contributed by atoms with Gasteiger partial charge in [-0.2, -0.15) is 0 Å². The number of aromatic nitrogens is 3. The Labute approximate surface area is 213 Å². The van der Waals surface area contributed by atoms with Crippen molar-refractivity contribution in [2.45, 2.75) is 23.4 Å². The van der Waals surface area contributed by atoms with Gasteiger partial charge in [0.05, 0.1) is 25.8 Å². The molecule has 0 saturated heterocycles. The molecule has 0 aliphatic rings. The summed E-state index contributed by atoms with van der Waals surface area (Å²) in [6.45, 7) is 0. The first kappa shape index (κ1) is 25.2. The number of methoxy groups -OCH3 is 2. The highest BCUT2D eigenvalue weighted by molar-refractivity contribution is 7.98. The molecule has 1 N–H and O–H groups in total. The lowest BCUT2D eigenvalue weighted by molar-refractivity contribution is 0.0930. The van der Waals surface area contributed by atoms with Crippen LogP contribution >= 0.6 is 11.8 Å². The first-order chi connectivity index (χ1) is 17.5. The van der Waals surface area contributed by atoms with Crippen molar-refractivity contribution in [3.63, 3.8) is 0 Å². The van der Waals surface area contributed by atoms with Gasteiger partial charge in [-0.05, 0) is 41.8 Å². The van der Waals surface area contributed by atoms with Crippen molar-refractivity contribution in [1.82, 2.24) is 20.1 Å². The molecule has 3 aromatic carbocycles. The van der Waals surface area contributed by atoms with Crippen LogP contribution in [0.3, 0.4) is 0 Å². The van der Waals surface area contributed by atoms with E-state index in [0.29, 0.717) is 45.8 Å². The minimum absolute atomic E-state index is 0.256. The molecule has 1 heterocycles. The Kier molecular flexibility index (Phi) is 8.22. The molecular weight excluding hydrogens is 479 g/mol. The van der Waals surface area contributed by atoms with Gasteiger partial charge in [0.1, 0.15) is 17.3 Å². The van der Waals surface area contributed by atoms with E-state index < -0.39 is 6.04 Å².